The summed E-state index contributed by atoms with van der Waals surface area (Å²) >= 11 is 4.74. The van der Waals surface area contributed by atoms with Crippen molar-refractivity contribution in [3.63, 3.8) is 0 Å². The average Bonchev–Trinajstić information content (AvgIpc) is 2.76. The van der Waals surface area contributed by atoms with Crippen LogP contribution in [0.5, 0.6) is 5.75 Å². The van der Waals surface area contributed by atoms with Gasteiger partial charge in [-0.1, -0.05) is 18.2 Å². The van der Waals surface area contributed by atoms with Crippen LogP contribution in [0.1, 0.15) is 6.42 Å². The first-order valence-corrected chi connectivity index (χ1v) is 7.99. The zero-order chi connectivity index (χ0) is 16.8. The molecule has 4 nitrogen and oxygen atoms in total. The van der Waals surface area contributed by atoms with Crippen molar-refractivity contribution in [2.45, 2.75) is 12.6 Å². The fraction of sp³-hybridized carbons (Fsp3) is 0.462. The summed E-state index contributed by atoms with van der Waals surface area (Å²) in [7, 11) is 0. The summed E-state index contributed by atoms with van der Waals surface area (Å²) in [5, 5.41) is 6.98. The number of ether oxygens (including phenoxy) is 1. The Labute approximate surface area is 137 Å². The number of halogens is 3. The standard InChI is InChI=1S/C8H7F3O.C5H9NOS.H3NS/c9-8(10,11)6-12-7-4-2-1-3-5-7;7-5-4-8-3-1-2-6-5;1-2/h1-5H,6H2;1-4H2,(H,6,7);2H,1H2. The second-order valence-electron chi connectivity index (χ2n) is 3.97. The van der Waals surface area contributed by atoms with E-state index in [1.54, 1.807) is 30.0 Å². The van der Waals surface area contributed by atoms with Gasteiger partial charge >= 0.3 is 6.18 Å². The van der Waals surface area contributed by atoms with Gasteiger partial charge in [0.05, 0.1) is 5.75 Å². The number of alkyl halides is 3. The second-order valence-corrected chi connectivity index (χ2v) is 5.08. The highest BCUT2D eigenvalue weighted by molar-refractivity contribution is 7.99. The Balaban J connectivity index is 0.000000382. The molecule has 1 saturated heterocycles. The third kappa shape index (κ3) is 12.7. The van der Waals surface area contributed by atoms with Crippen LogP contribution >= 0.6 is 24.6 Å². The van der Waals surface area contributed by atoms with E-state index < -0.39 is 12.8 Å². The van der Waals surface area contributed by atoms with Crippen LogP contribution in [-0.4, -0.2) is 36.7 Å². The maximum Gasteiger partial charge on any atom is 0.422 e. The molecule has 1 heterocycles. The van der Waals surface area contributed by atoms with Crippen LogP contribution in [0.25, 0.3) is 0 Å². The Hall–Kier alpha value is -1.06. The van der Waals surface area contributed by atoms with Crippen LogP contribution in [0.4, 0.5) is 13.2 Å². The predicted octanol–water partition coefficient (Wildman–Crippen LogP) is 2.66. The van der Waals surface area contributed by atoms with E-state index in [1.165, 1.54) is 12.1 Å². The molecule has 0 unspecified atom stereocenters. The highest BCUT2D eigenvalue weighted by atomic mass is 32.2. The molecule has 0 aliphatic carbocycles. The quantitative estimate of drug-likeness (QED) is 0.713. The lowest BCUT2D eigenvalue weighted by Crippen LogP contribution is -2.23. The number of para-hydroxylation sites is 1. The molecule has 126 valence electrons. The van der Waals surface area contributed by atoms with Crippen molar-refractivity contribution in [3.8, 4) is 5.75 Å². The number of hydrogen-bond donors (Lipinski definition) is 3. The van der Waals surface area contributed by atoms with E-state index >= 15 is 0 Å². The van der Waals surface area contributed by atoms with Crippen molar-refractivity contribution in [1.82, 2.24) is 5.32 Å². The van der Waals surface area contributed by atoms with Gasteiger partial charge in [0.25, 0.3) is 0 Å². The van der Waals surface area contributed by atoms with Gasteiger partial charge < -0.3 is 10.1 Å². The van der Waals surface area contributed by atoms with E-state index in [0.29, 0.717) is 5.75 Å². The van der Waals surface area contributed by atoms with Gasteiger partial charge in [0, 0.05) is 6.54 Å². The molecule has 1 aliphatic rings. The Morgan fingerprint density at radius 1 is 1.27 bits per heavy atom. The Bertz CT molecular complexity index is 396. The molecular formula is C13H19F3N2O2S2. The number of amides is 1. The maximum atomic E-state index is 11.6. The molecule has 1 aromatic rings. The summed E-state index contributed by atoms with van der Waals surface area (Å²) in [5.41, 5.74) is 0. The van der Waals surface area contributed by atoms with Crippen molar-refractivity contribution in [3.05, 3.63) is 30.3 Å². The summed E-state index contributed by atoms with van der Waals surface area (Å²) in [6, 6.07) is 7.90. The van der Waals surface area contributed by atoms with Gasteiger partial charge in [-0.15, -0.1) is 12.8 Å². The highest BCUT2D eigenvalue weighted by Gasteiger charge is 2.28. The van der Waals surface area contributed by atoms with E-state index in [0.717, 1.165) is 18.7 Å². The molecule has 0 atom stereocenters. The molecular weight excluding hydrogens is 337 g/mol. The lowest BCUT2D eigenvalue weighted by Gasteiger charge is -2.07. The van der Waals surface area contributed by atoms with Gasteiger partial charge in [-0.2, -0.15) is 24.9 Å². The molecule has 9 heteroatoms. The van der Waals surface area contributed by atoms with Crippen LogP contribution in [0, 0.1) is 0 Å². The first-order valence-electron chi connectivity index (χ1n) is 6.32. The fourth-order valence-electron chi connectivity index (χ4n) is 1.30. The summed E-state index contributed by atoms with van der Waals surface area (Å²) in [5.74, 6) is 2.20. The molecule has 22 heavy (non-hydrogen) atoms. The van der Waals surface area contributed by atoms with Crippen LogP contribution in [0.15, 0.2) is 30.3 Å². The van der Waals surface area contributed by atoms with Crippen molar-refractivity contribution in [1.29, 1.82) is 0 Å². The Morgan fingerprint density at radius 3 is 2.50 bits per heavy atom. The monoisotopic (exact) mass is 356 g/mol. The topological polar surface area (TPSA) is 64.3 Å². The summed E-state index contributed by atoms with van der Waals surface area (Å²) in [4.78, 5) is 10.6. The SMILES string of the molecule is FC(F)(F)COc1ccccc1.NS.O=C1CSCCCN1. The number of rotatable bonds is 2. The van der Waals surface area contributed by atoms with Crippen LogP contribution in [0.3, 0.4) is 0 Å². The van der Waals surface area contributed by atoms with Gasteiger partial charge in [0.15, 0.2) is 6.61 Å². The van der Waals surface area contributed by atoms with Crippen molar-refractivity contribution < 1.29 is 22.7 Å². The van der Waals surface area contributed by atoms with Crippen molar-refractivity contribution >= 4 is 30.5 Å². The summed E-state index contributed by atoms with van der Waals surface area (Å²) in [6.07, 6.45) is -3.15. The zero-order valence-corrected chi connectivity index (χ0v) is 13.5. The molecule has 0 spiro atoms. The minimum Gasteiger partial charge on any atom is -0.484 e. The number of thioether (sulfide) groups is 1. The van der Waals surface area contributed by atoms with E-state index in [2.05, 4.69) is 28.0 Å². The predicted molar refractivity (Wildman–Crippen MR) is 86.1 cm³/mol. The van der Waals surface area contributed by atoms with E-state index in [4.69, 9.17) is 0 Å². The lowest BCUT2D eigenvalue weighted by atomic mass is 10.3. The Kier molecular flexibility index (Phi) is 11.9. The first-order chi connectivity index (χ1) is 10.5. The molecule has 1 aromatic carbocycles. The average molecular weight is 356 g/mol. The molecule has 0 radical (unpaired) electrons. The maximum absolute atomic E-state index is 11.6. The molecule has 1 aliphatic heterocycles. The summed E-state index contributed by atoms with van der Waals surface area (Å²) in [6.45, 7) is -0.372. The van der Waals surface area contributed by atoms with Gasteiger partial charge in [-0.3, -0.25) is 9.93 Å². The van der Waals surface area contributed by atoms with Crippen molar-refractivity contribution in [2.75, 3.05) is 24.7 Å². The smallest absolute Gasteiger partial charge is 0.422 e. The van der Waals surface area contributed by atoms with Gasteiger partial charge in [-0.05, 0) is 24.3 Å². The van der Waals surface area contributed by atoms with Gasteiger partial charge in [0.2, 0.25) is 5.91 Å². The molecule has 2 rings (SSSR count). The van der Waals surface area contributed by atoms with Crippen LogP contribution < -0.4 is 15.2 Å². The van der Waals surface area contributed by atoms with Gasteiger partial charge in [0.1, 0.15) is 5.75 Å². The lowest BCUT2D eigenvalue weighted by molar-refractivity contribution is -0.153. The fourth-order valence-corrected chi connectivity index (χ4v) is 2.08. The van der Waals surface area contributed by atoms with E-state index in [1.807, 2.05) is 0 Å². The first kappa shape index (κ1) is 20.9. The molecule has 0 aromatic heterocycles. The van der Waals surface area contributed by atoms with E-state index in [9.17, 15) is 18.0 Å². The molecule has 0 saturated carbocycles. The van der Waals surface area contributed by atoms with Gasteiger partial charge in [-0.25, -0.2) is 0 Å². The third-order valence-electron chi connectivity index (χ3n) is 2.17. The Morgan fingerprint density at radius 2 is 1.91 bits per heavy atom. The number of carbonyl (C=O) groups is 1. The third-order valence-corrected chi connectivity index (χ3v) is 3.21. The number of nitrogens with one attached hydrogen (secondary N) is 1. The summed E-state index contributed by atoms with van der Waals surface area (Å²) < 4.78 is 39.3. The number of hydrogen-bond acceptors (Lipinski definition) is 5. The number of nitrogens with two attached hydrogens (primary N) is 1. The highest BCUT2D eigenvalue weighted by Crippen LogP contribution is 2.17. The van der Waals surface area contributed by atoms with Crippen LogP contribution in [0.2, 0.25) is 0 Å². The largest absolute Gasteiger partial charge is 0.484 e. The minimum atomic E-state index is -4.27. The second kappa shape index (κ2) is 12.5. The molecule has 1 amide bonds. The zero-order valence-electron chi connectivity index (χ0n) is 11.8. The van der Waals surface area contributed by atoms with Crippen molar-refractivity contribution in [2.24, 2.45) is 5.14 Å². The number of benzene rings is 1. The minimum absolute atomic E-state index is 0.188. The number of carbonyl (C=O) groups excluding carboxylic acids is 1. The molecule has 0 bridgehead atoms. The molecule has 3 N–H and O–H groups in total. The normalized spacial score (nSPS) is 14.3. The van der Waals surface area contributed by atoms with E-state index in [-0.39, 0.29) is 11.7 Å². The van der Waals surface area contributed by atoms with Crippen LogP contribution in [-0.2, 0) is 4.79 Å². The molecule has 1 fully saturated rings. The number of thiol groups is 1.